The van der Waals surface area contributed by atoms with Crippen LogP contribution in [0.4, 0.5) is 16.2 Å². The minimum absolute atomic E-state index is 0.0443. The maximum Gasteiger partial charge on any atom is 0.325 e. The van der Waals surface area contributed by atoms with Gasteiger partial charge in [0.25, 0.3) is 5.91 Å². The molecule has 2 atom stereocenters. The van der Waals surface area contributed by atoms with Gasteiger partial charge in [-0.3, -0.25) is 14.5 Å². The van der Waals surface area contributed by atoms with Crippen LogP contribution in [0.5, 0.6) is 0 Å². The molecule has 2 aliphatic rings. The lowest BCUT2D eigenvalue weighted by molar-refractivity contribution is -0.136. The molecule has 1 spiro atoms. The van der Waals surface area contributed by atoms with Crippen LogP contribution in [0.3, 0.4) is 0 Å². The zero-order valence-electron chi connectivity index (χ0n) is 15.5. The number of carbonyl (C=O) groups excluding carboxylic acids is 3. The Kier molecular flexibility index (Phi) is 4.42. The van der Waals surface area contributed by atoms with E-state index < -0.39 is 17.5 Å². The monoisotopic (exact) mass is 358 g/mol. The fourth-order valence-corrected chi connectivity index (χ4v) is 4.59. The molecule has 1 aromatic rings. The van der Waals surface area contributed by atoms with Gasteiger partial charge in [-0.05, 0) is 42.7 Å². The number of nitrogens with two attached hydrogens (primary N) is 1. The van der Waals surface area contributed by atoms with E-state index in [2.05, 4.69) is 31.4 Å². The van der Waals surface area contributed by atoms with Gasteiger partial charge in [-0.15, -0.1) is 0 Å². The van der Waals surface area contributed by atoms with Crippen LogP contribution >= 0.6 is 0 Å². The van der Waals surface area contributed by atoms with Crippen molar-refractivity contribution in [1.82, 2.24) is 10.2 Å². The molecular weight excluding hydrogens is 332 g/mol. The van der Waals surface area contributed by atoms with Gasteiger partial charge in [-0.2, -0.15) is 0 Å². The van der Waals surface area contributed by atoms with Crippen LogP contribution < -0.4 is 16.4 Å². The average molecular weight is 358 g/mol. The van der Waals surface area contributed by atoms with Crippen molar-refractivity contribution in [3.05, 3.63) is 24.3 Å². The van der Waals surface area contributed by atoms with Gasteiger partial charge in [0, 0.05) is 0 Å². The van der Waals surface area contributed by atoms with Gasteiger partial charge < -0.3 is 16.4 Å². The molecule has 1 heterocycles. The molecule has 140 valence electrons. The Morgan fingerprint density at radius 2 is 2.00 bits per heavy atom. The number of urea groups is 1. The summed E-state index contributed by atoms with van der Waals surface area (Å²) in [6.07, 6.45) is 2.19. The smallest absolute Gasteiger partial charge is 0.325 e. The summed E-state index contributed by atoms with van der Waals surface area (Å²) in [5.41, 5.74) is 5.76. The second-order valence-corrected chi connectivity index (χ2v) is 8.39. The molecule has 0 radical (unpaired) electrons. The summed E-state index contributed by atoms with van der Waals surface area (Å²) >= 11 is 0. The van der Waals surface area contributed by atoms with Crippen LogP contribution in [0.25, 0.3) is 0 Å². The van der Waals surface area contributed by atoms with Crippen molar-refractivity contribution >= 4 is 29.2 Å². The van der Waals surface area contributed by atoms with Crippen LogP contribution in [0, 0.1) is 11.3 Å². The zero-order valence-corrected chi connectivity index (χ0v) is 15.5. The van der Waals surface area contributed by atoms with E-state index in [0.717, 1.165) is 11.3 Å². The van der Waals surface area contributed by atoms with Crippen LogP contribution in [-0.2, 0) is 9.59 Å². The lowest BCUT2D eigenvalue weighted by Crippen LogP contribution is -2.54. The van der Waals surface area contributed by atoms with Crippen molar-refractivity contribution < 1.29 is 14.4 Å². The first-order valence-corrected chi connectivity index (χ1v) is 8.90. The third-order valence-electron chi connectivity index (χ3n) is 5.16. The highest BCUT2D eigenvalue weighted by molar-refractivity contribution is 6.10. The van der Waals surface area contributed by atoms with E-state index in [1.54, 1.807) is 24.3 Å². The Hall–Kier alpha value is -2.57. The maximum atomic E-state index is 13.0. The van der Waals surface area contributed by atoms with Crippen molar-refractivity contribution in [2.24, 2.45) is 11.3 Å². The third kappa shape index (κ3) is 3.38. The van der Waals surface area contributed by atoms with Crippen molar-refractivity contribution in [2.75, 3.05) is 17.6 Å². The predicted molar refractivity (Wildman–Crippen MR) is 99.3 cm³/mol. The number of para-hydroxylation sites is 2. The second kappa shape index (κ2) is 6.30. The molecule has 2 fully saturated rings. The van der Waals surface area contributed by atoms with Crippen LogP contribution in [-0.4, -0.2) is 34.8 Å². The van der Waals surface area contributed by atoms with Crippen LogP contribution in [0.1, 0.15) is 40.0 Å². The number of hydrogen-bond acceptors (Lipinski definition) is 4. The minimum atomic E-state index is -0.899. The molecule has 4 N–H and O–H groups in total. The molecule has 0 bridgehead atoms. The summed E-state index contributed by atoms with van der Waals surface area (Å²) < 4.78 is 0. The van der Waals surface area contributed by atoms with Gasteiger partial charge >= 0.3 is 6.03 Å². The van der Waals surface area contributed by atoms with Gasteiger partial charge in [0.15, 0.2) is 0 Å². The first-order valence-electron chi connectivity index (χ1n) is 8.90. The molecule has 1 saturated heterocycles. The van der Waals surface area contributed by atoms with Crippen LogP contribution in [0.2, 0.25) is 0 Å². The van der Waals surface area contributed by atoms with Crippen molar-refractivity contribution in [1.29, 1.82) is 0 Å². The normalized spacial score (nSPS) is 27.5. The van der Waals surface area contributed by atoms with E-state index in [1.807, 2.05) is 0 Å². The summed E-state index contributed by atoms with van der Waals surface area (Å²) in [7, 11) is 0. The third-order valence-corrected chi connectivity index (χ3v) is 5.16. The number of hydrogen-bond donors (Lipinski definition) is 3. The van der Waals surface area contributed by atoms with Gasteiger partial charge in [-0.1, -0.05) is 32.9 Å². The molecule has 0 aromatic heterocycles. The number of nitrogens with zero attached hydrogens (tertiary/aromatic N) is 1. The molecule has 1 aliphatic carbocycles. The molecule has 3 rings (SSSR count). The summed E-state index contributed by atoms with van der Waals surface area (Å²) in [4.78, 5) is 38.8. The number of nitrogen functional groups attached to an aromatic ring is 1. The Morgan fingerprint density at radius 1 is 1.31 bits per heavy atom. The highest BCUT2D eigenvalue weighted by atomic mass is 16.2. The molecule has 7 nitrogen and oxygen atoms in total. The topological polar surface area (TPSA) is 105 Å². The van der Waals surface area contributed by atoms with Gasteiger partial charge in [0.1, 0.15) is 12.1 Å². The summed E-state index contributed by atoms with van der Waals surface area (Å²) in [5.74, 6) is -0.439. The van der Waals surface area contributed by atoms with E-state index in [0.29, 0.717) is 30.1 Å². The van der Waals surface area contributed by atoms with E-state index in [-0.39, 0.29) is 17.9 Å². The minimum Gasteiger partial charge on any atom is -0.397 e. The summed E-state index contributed by atoms with van der Waals surface area (Å²) in [5, 5.41) is 5.53. The molecule has 7 heteroatoms. The first-order chi connectivity index (χ1) is 12.1. The van der Waals surface area contributed by atoms with Gasteiger partial charge in [0.05, 0.1) is 11.4 Å². The second-order valence-electron chi connectivity index (χ2n) is 8.39. The first kappa shape index (κ1) is 18.2. The van der Waals surface area contributed by atoms with E-state index in [9.17, 15) is 14.4 Å². The molecule has 1 saturated carbocycles. The lowest BCUT2D eigenvalue weighted by atomic mass is 9.64. The Morgan fingerprint density at radius 3 is 2.65 bits per heavy atom. The Balaban J connectivity index is 1.73. The number of carbonyl (C=O) groups is 3. The van der Waals surface area contributed by atoms with E-state index in [4.69, 9.17) is 5.73 Å². The average Bonchev–Trinajstić information content (AvgIpc) is 2.71. The van der Waals surface area contributed by atoms with E-state index >= 15 is 0 Å². The molecule has 4 amide bonds. The number of imide groups is 1. The molecule has 1 aromatic carbocycles. The molecule has 1 aliphatic heterocycles. The van der Waals surface area contributed by atoms with Crippen molar-refractivity contribution in [2.45, 2.75) is 45.6 Å². The number of benzene rings is 1. The fourth-order valence-electron chi connectivity index (χ4n) is 4.59. The zero-order chi connectivity index (χ0) is 19.1. The number of amides is 4. The number of anilines is 2. The number of nitrogens with one attached hydrogen (secondary N) is 2. The van der Waals surface area contributed by atoms with Gasteiger partial charge in [0.2, 0.25) is 5.91 Å². The fraction of sp³-hybridized carbons (Fsp3) is 0.526. The SMILES string of the molecule is CC1CC(C)(C)CC2(C1)NC(=O)N(CC(=O)Nc1ccccc1N)C2=O. The Bertz CT molecular complexity index is 761. The standard InChI is InChI=1S/C19H26N4O3/c1-12-8-18(2,3)11-19(9-12)16(25)23(17(26)22-19)10-15(24)21-14-7-5-4-6-13(14)20/h4-7,12H,8-11,20H2,1-3H3,(H,21,24)(H,22,26). The molecule has 26 heavy (non-hydrogen) atoms. The van der Waals surface area contributed by atoms with Gasteiger partial charge in [-0.25, -0.2) is 4.79 Å². The highest BCUT2D eigenvalue weighted by Crippen LogP contribution is 2.46. The maximum absolute atomic E-state index is 13.0. The summed E-state index contributed by atoms with van der Waals surface area (Å²) in [6.45, 7) is 5.99. The highest BCUT2D eigenvalue weighted by Gasteiger charge is 2.56. The number of rotatable bonds is 3. The Labute approximate surface area is 153 Å². The summed E-state index contributed by atoms with van der Waals surface area (Å²) in [6, 6.07) is 6.35. The van der Waals surface area contributed by atoms with E-state index in [1.165, 1.54) is 0 Å². The quantitative estimate of drug-likeness (QED) is 0.570. The van der Waals surface area contributed by atoms with Crippen LogP contribution in [0.15, 0.2) is 24.3 Å². The largest absolute Gasteiger partial charge is 0.397 e. The predicted octanol–water partition coefficient (Wildman–Crippen LogP) is 2.34. The lowest BCUT2D eigenvalue weighted by Gasteiger charge is -2.43. The van der Waals surface area contributed by atoms with Crippen molar-refractivity contribution in [3.8, 4) is 0 Å². The van der Waals surface area contributed by atoms with Crippen molar-refractivity contribution in [3.63, 3.8) is 0 Å². The molecule has 2 unspecified atom stereocenters. The molecular formula is C19H26N4O3.